The van der Waals surface area contributed by atoms with E-state index >= 15 is 0 Å². The van der Waals surface area contributed by atoms with E-state index in [-0.39, 0.29) is 5.91 Å². The first-order chi connectivity index (χ1) is 10.2. The van der Waals surface area contributed by atoms with Crippen LogP contribution in [-0.4, -0.2) is 28.9 Å². The monoisotopic (exact) mass is 279 g/mol. The Labute approximate surface area is 123 Å². The lowest BCUT2D eigenvalue weighted by atomic mass is 9.99. The minimum Gasteiger partial charge on any atom is -0.397 e. The summed E-state index contributed by atoms with van der Waals surface area (Å²) in [5.41, 5.74) is 9.13. The molecule has 4 heteroatoms. The number of carbonyl (C=O) groups excluding carboxylic acids is 1. The molecule has 2 heterocycles. The van der Waals surface area contributed by atoms with Crippen LogP contribution in [0.1, 0.15) is 22.5 Å². The van der Waals surface area contributed by atoms with Gasteiger partial charge in [0.1, 0.15) is 5.69 Å². The highest BCUT2D eigenvalue weighted by Crippen LogP contribution is 2.22. The summed E-state index contributed by atoms with van der Waals surface area (Å²) >= 11 is 0. The summed E-state index contributed by atoms with van der Waals surface area (Å²) in [6.45, 7) is 1.33. The van der Waals surface area contributed by atoms with Crippen LogP contribution in [0.2, 0.25) is 0 Å². The number of hydrogen-bond donors (Lipinski definition) is 1. The quantitative estimate of drug-likeness (QED) is 0.919. The third-order valence-electron chi connectivity index (χ3n) is 3.65. The zero-order chi connectivity index (χ0) is 14.7. The summed E-state index contributed by atoms with van der Waals surface area (Å²) in [6, 6.07) is 13.7. The van der Waals surface area contributed by atoms with Crippen molar-refractivity contribution in [2.45, 2.75) is 6.42 Å². The van der Waals surface area contributed by atoms with Crippen molar-refractivity contribution >= 4 is 17.2 Å². The Hall–Kier alpha value is -2.62. The molecule has 1 aliphatic rings. The van der Waals surface area contributed by atoms with Gasteiger partial charge in [-0.15, -0.1) is 0 Å². The van der Waals surface area contributed by atoms with Gasteiger partial charge in [0.25, 0.3) is 5.91 Å². The third kappa shape index (κ3) is 2.94. The predicted molar refractivity (Wildman–Crippen MR) is 83.6 cm³/mol. The molecule has 4 nitrogen and oxygen atoms in total. The Kier molecular flexibility index (Phi) is 3.69. The lowest BCUT2D eigenvalue weighted by Crippen LogP contribution is -2.35. The molecule has 0 saturated heterocycles. The van der Waals surface area contributed by atoms with Gasteiger partial charge in [-0.3, -0.25) is 4.79 Å². The average Bonchev–Trinajstić information content (AvgIpc) is 2.56. The Morgan fingerprint density at radius 2 is 1.95 bits per heavy atom. The molecule has 0 radical (unpaired) electrons. The van der Waals surface area contributed by atoms with Crippen LogP contribution >= 0.6 is 0 Å². The number of anilines is 1. The molecule has 21 heavy (non-hydrogen) atoms. The normalized spacial score (nSPS) is 14.7. The molecule has 1 aliphatic heterocycles. The molecule has 2 N–H and O–H groups in total. The Balaban J connectivity index is 1.72. The standard InChI is InChI=1S/C17H17N3O/c18-15-6-7-16(19-12-15)17(21)20-10-8-14(9-11-20)13-4-2-1-3-5-13/h1-8,12H,9-11,18H2. The minimum atomic E-state index is -0.0432. The molecule has 0 atom stereocenters. The smallest absolute Gasteiger partial charge is 0.272 e. The van der Waals surface area contributed by atoms with Crippen molar-refractivity contribution in [1.29, 1.82) is 0 Å². The molecule has 1 amide bonds. The van der Waals surface area contributed by atoms with Crippen LogP contribution in [0.5, 0.6) is 0 Å². The topological polar surface area (TPSA) is 59.2 Å². The molecular weight excluding hydrogens is 262 g/mol. The first kappa shape index (κ1) is 13.4. The van der Waals surface area contributed by atoms with Crippen molar-refractivity contribution in [2.75, 3.05) is 18.8 Å². The number of amides is 1. The van der Waals surface area contributed by atoms with Gasteiger partial charge in [-0.2, -0.15) is 0 Å². The summed E-state index contributed by atoms with van der Waals surface area (Å²) in [5, 5.41) is 0. The van der Waals surface area contributed by atoms with Crippen molar-refractivity contribution in [3.63, 3.8) is 0 Å². The van der Waals surface area contributed by atoms with E-state index < -0.39 is 0 Å². The number of rotatable bonds is 2. The van der Waals surface area contributed by atoms with Crippen LogP contribution in [0, 0.1) is 0 Å². The highest BCUT2D eigenvalue weighted by atomic mass is 16.2. The minimum absolute atomic E-state index is 0.0432. The van der Waals surface area contributed by atoms with Gasteiger partial charge in [0.05, 0.1) is 11.9 Å². The maximum atomic E-state index is 12.3. The highest BCUT2D eigenvalue weighted by Gasteiger charge is 2.19. The van der Waals surface area contributed by atoms with E-state index in [9.17, 15) is 4.79 Å². The van der Waals surface area contributed by atoms with Crippen molar-refractivity contribution in [2.24, 2.45) is 0 Å². The number of benzene rings is 1. The first-order valence-corrected chi connectivity index (χ1v) is 6.99. The number of nitrogens with two attached hydrogens (primary N) is 1. The van der Waals surface area contributed by atoms with Crippen molar-refractivity contribution in [3.8, 4) is 0 Å². The maximum Gasteiger partial charge on any atom is 0.272 e. The molecule has 3 rings (SSSR count). The van der Waals surface area contributed by atoms with Gasteiger partial charge in [-0.25, -0.2) is 4.98 Å². The maximum absolute atomic E-state index is 12.3. The van der Waals surface area contributed by atoms with Crippen LogP contribution in [0.4, 0.5) is 5.69 Å². The number of hydrogen-bond acceptors (Lipinski definition) is 3. The zero-order valence-electron chi connectivity index (χ0n) is 11.7. The molecule has 0 spiro atoms. The molecule has 106 valence electrons. The van der Waals surface area contributed by atoms with Gasteiger partial charge in [0.15, 0.2) is 0 Å². The zero-order valence-corrected chi connectivity index (χ0v) is 11.7. The van der Waals surface area contributed by atoms with Crippen molar-refractivity contribution in [3.05, 3.63) is 66.0 Å². The summed E-state index contributed by atoms with van der Waals surface area (Å²) in [7, 11) is 0. The molecule has 0 aliphatic carbocycles. The fourth-order valence-corrected chi connectivity index (χ4v) is 2.46. The molecule has 0 saturated carbocycles. The second-order valence-electron chi connectivity index (χ2n) is 5.07. The van der Waals surface area contributed by atoms with E-state index in [4.69, 9.17) is 5.73 Å². The summed E-state index contributed by atoms with van der Waals surface area (Å²) in [4.78, 5) is 18.3. The number of nitrogens with zero attached hydrogens (tertiary/aromatic N) is 2. The van der Waals surface area contributed by atoms with Crippen LogP contribution in [0.15, 0.2) is 54.7 Å². The van der Waals surface area contributed by atoms with Crippen molar-refractivity contribution in [1.82, 2.24) is 9.88 Å². The van der Waals surface area contributed by atoms with Gasteiger partial charge in [-0.1, -0.05) is 36.4 Å². The molecule has 0 bridgehead atoms. The van der Waals surface area contributed by atoms with E-state index in [1.54, 1.807) is 12.1 Å². The van der Waals surface area contributed by atoms with Gasteiger partial charge in [0.2, 0.25) is 0 Å². The number of aromatic nitrogens is 1. The number of carbonyl (C=O) groups is 1. The average molecular weight is 279 g/mol. The Bertz CT molecular complexity index is 662. The van der Waals surface area contributed by atoms with Crippen LogP contribution in [0.25, 0.3) is 5.57 Å². The van der Waals surface area contributed by atoms with Crippen LogP contribution in [-0.2, 0) is 0 Å². The van der Waals surface area contributed by atoms with Crippen LogP contribution < -0.4 is 5.73 Å². The van der Waals surface area contributed by atoms with Gasteiger partial charge >= 0.3 is 0 Å². The fraction of sp³-hybridized carbons (Fsp3) is 0.176. The van der Waals surface area contributed by atoms with Crippen molar-refractivity contribution < 1.29 is 4.79 Å². The number of nitrogen functional groups attached to an aromatic ring is 1. The molecule has 0 fully saturated rings. The van der Waals surface area contributed by atoms with Gasteiger partial charge in [0, 0.05) is 13.1 Å². The first-order valence-electron chi connectivity index (χ1n) is 6.99. The molecule has 2 aromatic rings. The van der Waals surface area contributed by atoms with E-state index in [1.807, 2.05) is 23.1 Å². The van der Waals surface area contributed by atoms with Gasteiger partial charge < -0.3 is 10.6 Å². The predicted octanol–water partition coefficient (Wildman–Crippen LogP) is 2.59. The molecule has 1 aromatic carbocycles. The Morgan fingerprint density at radius 1 is 1.14 bits per heavy atom. The Morgan fingerprint density at radius 3 is 2.57 bits per heavy atom. The third-order valence-corrected chi connectivity index (χ3v) is 3.65. The molecular formula is C17H17N3O. The summed E-state index contributed by atoms with van der Waals surface area (Å²) in [6.07, 6.45) is 4.50. The van der Waals surface area contributed by atoms with E-state index in [2.05, 4.69) is 23.2 Å². The second-order valence-corrected chi connectivity index (χ2v) is 5.07. The summed E-state index contributed by atoms with van der Waals surface area (Å²) < 4.78 is 0. The number of pyridine rings is 1. The largest absolute Gasteiger partial charge is 0.397 e. The lowest BCUT2D eigenvalue weighted by Gasteiger charge is -2.26. The SMILES string of the molecule is Nc1ccc(C(=O)N2CC=C(c3ccccc3)CC2)nc1. The van der Waals surface area contributed by atoms with E-state index in [0.717, 1.165) is 6.42 Å². The lowest BCUT2D eigenvalue weighted by molar-refractivity contribution is 0.0767. The summed E-state index contributed by atoms with van der Waals surface area (Å²) in [5.74, 6) is -0.0432. The van der Waals surface area contributed by atoms with Gasteiger partial charge in [-0.05, 0) is 29.7 Å². The van der Waals surface area contributed by atoms with E-state index in [0.29, 0.717) is 24.5 Å². The molecule has 0 unspecified atom stereocenters. The second kappa shape index (κ2) is 5.79. The van der Waals surface area contributed by atoms with E-state index in [1.165, 1.54) is 17.3 Å². The molecule has 1 aromatic heterocycles. The van der Waals surface area contributed by atoms with Crippen LogP contribution in [0.3, 0.4) is 0 Å². The fourth-order valence-electron chi connectivity index (χ4n) is 2.46. The highest BCUT2D eigenvalue weighted by molar-refractivity contribution is 5.93.